The second-order valence-electron chi connectivity index (χ2n) is 9.85. The van der Waals surface area contributed by atoms with Gasteiger partial charge in [0.15, 0.2) is 13.1 Å². The molecule has 1 saturated carbocycles. The number of nitrogens with zero attached hydrogens (tertiary/aromatic N) is 1. The number of hydrogen-bond acceptors (Lipinski definition) is 2. The van der Waals surface area contributed by atoms with Gasteiger partial charge in [-0.15, -0.1) is 0 Å². The fraction of sp³-hybridized carbons (Fsp3) is 0.680. The summed E-state index contributed by atoms with van der Waals surface area (Å²) >= 11 is 0. The van der Waals surface area contributed by atoms with Crippen molar-refractivity contribution in [2.45, 2.75) is 45.4 Å². The third kappa shape index (κ3) is 5.86. The summed E-state index contributed by atoms with van der Waals surface area (Å²) in [6.45, 7) is 9.05. The van der Waals surface area contributed by atoms with Crippen LogP contribution in [0.25, 0.3) is 0 Å². The number of aryl methyl sites for hydroxylation is 1. The number of nitrogens with one attached hydrogen (secondary N) is 3. The van der Waals surface area contributed by atoms with Crippen LogP contribution in [0.2, 0.25) is 0 Å². The molecule has 1 aliphatic carbocycles. The first-order valence-corrected chi connectivity index (χ1v) is 12.4. The van der Waals surface area contributed by atoms with E-state index in [2.05, 4.69) is 23.2 Å². The van der Waals surface area contributed by atoms with Gasteiger partial charge in [0.1, 0.15) is 26.2 Å². The molecule has 4 rings (SSSR count). The average Bonchev–Trinajstić information content (AvgIpc) is 2.80. The smallest absolute Gasteiger partial charge is 0.279 e. The zero-order valence-electron chi connectivity index (χ0n) is 19.1. The Balaban J connectivity index is 1.18. The fourth-order valence-electron chi connectivity index (χ4n) is 5.84. The van der Waals surface area contributed by atoms with E-state index >= 15 is 0 Å². The zero-order valence-corrected chi connectivity index (χ0v) is 19.1. The predicted molar refractivity (Wildman–Crippen MR) is 122 cm³/mol. The number of hydrogen-bond donors (Lipinski definition) is 3. The number of carbonyl (C=O) groups excluding carboxylic acids is 2. The molecule has 6 nitrogen and oxygen atoms in total. The number of likely N-dealkylation sites (tertiary alicyclic amines) is 1. The maximum absolute atomic E-state index is 12.9. The van der Waals surface area contributed by atoms with Crippen molar-refractivity contribution in [3.05, 3.63) is 29.8 Å². The highest BCUT2D eigenvalue weighted by atomic mass is 16.2. The van der Waals surface area contributed by atoms with Crippen molar-refractivity contribution in [2.75, 3.05) is 57.7 Å². The van der Waals surface area contributed by atoms with Crippen molar-refractivity contribution in [3.63, 3.8) is 0 Å². The summed E-state index contributed by atoms with van der Waals surface area (Å²) in [5.41, 5.74) is 2.11. The minimum atomic E-state index is 0.0887. The lowest BCUT2D eigenvalue weighted by Crippen LogP contribution is -3.28. The molecule has 0 bridgehead atoms. The molecule has 2 amide bonds. The molecular formula is C25H40N4O2+2. The molecule has 0 spiro atoms. The van der Waals surface area contributed by atoms with Crippen LogP contribution in [0.3, 0.4) is 0 Å². The Bertz CT molecular complexity index is 760. The Kier molecular flexibility index (Phi) is 7.62. The highest BCUT2D eigenvalue weighted by Gasteiger charge is 2.34. The van der Waals surface area contributed by atoms with Crippen molar-refractivity contribution < 1.29 is 19.4 Å². The summed E-state index contributed by atoms with van der Waals surface area (Å²) in [7, 11) is 0. The Morgan fingerprint density at radius 2 is 1.65 bits per heavy atom. The van der Waals surface area contributed by atoms with E-state index in [0.29, 0.717) is 19.0 Å². The van der Waals surface area contributed by atoms with Crippen LogP contribution >= 0.6 is 0 Å². The maximum Gasteiger partial charge on any atom is 0.279 e. The second kappa shape index (κ2) is 10.6. The number of amides is 2. The Hall–Kier alpha value is -1.92. The van der Waals surface area contributed by atoms with Crippen LogP contribution in [-0.4, -0.2) is 69.1 Å². The summed E-state index contributed by atoms with van der Waals surface area (Å²) in [6, 6.07) is 8.03. The number of para-hydroxylation sites is 1. The fourth-order valence-corrected chi connectivity index (χ4v) is 5.84. The highest BCUT2D eigenvalue weighted by molar-refractivity contribution is 5.92. The third-order valence-corrected chi connectivity index (χ3v) is 7.79. The van der Waals surface area contributed by atoms with Crippen molar-refractivity contribution in [3.8, 4) is 0 Å². The van der Waals surface area contributed by atoms with E-state index < -0.39 is 0 Å². The van der Waals surface area contributed by atoms with E-state index in [1.54, 1.807) is 0 Å². The van der Waals surface area contributed by atoms with E-state index in [9.17, 15) is 9.59 Å². The van der Waals surface area contributed by atoms with Gasteiger partial charge in [0.2, 0.25) is 0 Å². The van der Waals surface area contributed by atoms with Crippen LogP contribution < -0.4 is 15.1 Å². The number of quaternary nitrogens is 2. The van der Waals surface area contributed by atoms with Crippen molar-refractivity contribution >= 4 is 17.5 Å². The van der Waals surface area contributed by atoms with Gasteiger partial charge in [-0.3, -0.25) is 9.59 Å². The van der Waals surface area contributed by atoms with E-state index in [1.807, 2.05) is 18.2 Å². The maximum atomic E-state index is 12.9. The monoisotopic (exact) mass is 428 g/mol. The summed E-state index contributed by atoms with van der Waals surface area (Å²) in [6.07, 6.45) is 7.54. The van der Waals surface area contributed by atoms with Crippen LogP contribution in [0, 0.1) is 11.8 Å². The van der Waals surface area contributed by atoms with Gasteiger partial charge in [-0.2, -0.15) is 0 Å². The molecule has 31 heavy (non-hydrogen) atoms. The van der Waals surface area contributed by atoms with E-state index in [-0.39, 0.29) is 5.91 Å². The van der Waals surface area contributed by atoms with Gasteiger partial charge in [-0.1, -0.05) is 44.4 Å². The predicted octanol–water partition coefficient (Wildman–Crippen LogP) is 0.00960. The van der Waals surface area contributed by atoms with Gasteiger partial charge < -0.3 is 20.0 Å². The minimum Gasteiger partial charge on any atom is -0.338 e. The quantitative estimate of drug-likeness (QED) is 0.598. The molecule has 2 saturated heterocycles. The van der Waals surface area contributed by atoms with E-state index in [0.717, 1.165) is 63.2 Å². The van der Waals surface area contributed by atoms with Crippen LogP contribution in [-0.2, 0) is 16.0 Å². The molecule has 0 radical (unpaired) electrons. The minimum absolute atomic E-state index is 0.0887. The number of carbonyl (C=O) groups is 2. The Labute approximate surface area is 187 Å². The largest absolute Gasteiger partial charge is 0.338 e. The number of rotatable bonds is 6. The van der Waals surface area contributed by atoms with Crippen molar-refractivity contribution in [1.82, 2.24) is 4.90 Å². The first-order chi connectivity index (χ1) is 15.1. The van der Waals surface area contributed by atoms with Gasteiger partial charge in [-0.25, -0.2) is 0 Å². The molecule has 2 aliphatic heterocycles. The van der Waals surface area contributed by atoms with Crippen molar-refractivity contribution in [1.29, 1.82) is 0 Å². The molecule has 1 aromatic carbocycles. The highest BCUT2D eigenvalue weighted by Crippen LogP contribution is 2.35. The van der Waals surface area contributed by atoms with Crippen LogP contribution in [0.5, 0.6) is 0 Å². The standard InChI is InChI=1S/C25H38N4O2/c1-2-20-7-5-6-10-23(20)26-24(30)18-27-13-15-28(16-14-27)19-25(31)29-12-11-21-8-3-4-9-22(21)17-29/h5-7,10,21-22H,2-4,8-9,11-19H2,1H3,(H,26,30)/p+2/t21-,22-/m1/s1. The number of benzene rings is 1. The molecule has 2 heterocycles. The summed E-state index contributed by atoms with van der Waals surface area (Å²) in [5, 5.41) is 3.09. The second-order valence-corrected chi connectivity index (χ2v) is 9.85. The molecule has 0 unspecified atom stereocenters. The van der Waals surface area contributed by atoms with E-state index in [4.69, 9.17) is 0 Å². The molecule has 3 aliphatic rings. The molecule has 2 atom stereocenters. The lowest BCUT2D eigenvalue weighted by atomic mass is 9.75. The first-order valence-electron chi connectivity index (χ1n) is 12.4. The van der Waals surface area contributed by atoms with Crippen LogP contribution in [0.15, 0.2) is 24.3 Å². The topological polar surface area (TPSA) is 58.3 Å². The summed E-state index contributed by atoms with van der Waals surface area (Å²) < 4.78 is 0. The Morgan fingerprint density at radius 3 is 2.39 bits per heavy atom. The summed E-state index contributed by atoms with van der Waals surface area (Å²) in [5.74, 6) is 2.05. The average molecular weight is 429 g/mol. The van der Waals surface area contributed by atoms with Gasteiger partial charge >= 0.3 is 0 Å². The first kappa shape index (κ1) is 22.3. The molecule has 3 N–H and O–H groups in total. The molecule has 1 aromatic rings. The number of piperazine rings is 1. The third-order valence-electron chi connectivity index (χ3n) is 7.79. The van der Waals surface area contributed by atoms with Crippen LogP contribution in [0.1, 0.15) is 44.6 Å². The van der Waals surface area contributed by atoms with Crippen LogP contribution in [0.4, 0.5) is 5.69 Å². The lowest BCUT2D eigenvalue weighted by Gasteiger charge is -2.41. The molecule has 3 fully saturated rings. The molecule has 170 valence electrons. The zero-order chi connectivity index (χ0) is 21.6. The molecule has 0 aromatic heterocycles. The van der Waals surface area contributed by atoms with E-state index in [1.165, 1.54) is 47.5 Å². The van der Waals surface area contributed by atoms with Gasteiger partial charge in [-0.05, 0) is 42.7 Å². The number of piperidine rings is 1. The van der Waals surface area contributed by atoms with Crippen molar-refractivity contribution in [2.24, 2.45) is 11.8 Å². The van der Waals surface area contributed by atoms with Gasteiger partial charge in [0.25, 0.3) is 11.8 Å². The van der Waals surface area contributed by atoms with Gasteiger partial charge in [0, 0.05) is 18.8 Å². The lowest BCUT2D eigenvalue weighted by molar-refractivity contribution is -1.00. The van der Waals surface area contributed by atoms with Gasteiger partial charge in [0.05, 0.1) is 0 Å². The molecular weight excluding hydrogens is 388 g/mol. The SMILES string of the molecule is CCc1ccccc1NC(=O)C[NH+]1CC[NH+](CC(=O)N2CC[C@H]3CCCC[C@@H]3C2)CC1. The summed E-state index contributed by atoms with van der Waals surface area (Å²) in [4.78, 5) is 30.3. The Morgan fingerprint density at radius 1 is 0.968 bits per heavy atom. The number of fused-ring (bicyclic) bond motifs is 1. The number of anilines is 1. The molecule has 6 heteroatoms. The normalized spacial score (nSPS) is 28.6.